The maximum Gasteiger partial charge on any atom is 0.240 e. The molecule has 0 saturated carbocycles. The van der Waals surface area contributed by atoms with Crippen molar-refractivity contribution in [2.45, 2.75) is 32.7 Å². The van der Waals surface area contributed by atoms with Crippen molar-refractivity contribution in [3.8, 4) is 0 Å². The Kier molecular flexibility index (Phi) is 6.01. The molecule has 20 heavy (non-hydrogen) atoms. The van der Waals surface area contributed by atoms with E-state index in [2.05, 4.69) is 5.32 Å². The Morgan fingerprint density at radius 1 is 1.30 bits per heavy atom. The molecule has 112 valence electrons. The van der Waals surface area contributed by atoms with Crippen molar-refractivity contribution in [2.75, 3.05) is 17.1 Å². The molecule has 0 aromatic heterocycles. The Morgan fingerprint density at radius 3 is 2.40 bits per heavy atom. The number of sulfonamides is 1. The average Bonchev–Trinajstić information content (AvgIpc) is 2.36. The number of carbonyl (C=O) groups is 1. The molecule has 0 spiro atoms. The summed E-state index contributed by atoms with van der Waals surface area (Å²) in [6.45, 7) is 3.75. The van der Waals surface area contributed by atoms with Gasteiger partial charge in [-0.3, -0.25) is 9.10 Å². The number of nitrogens with one attached hydrogen (secondary N) is 1. The van der Waals surface area contributed by atoms with Crippen LogP contribution in [0.2, 0.25) is 0 Å². The van der Waals surface area contributed by atoms with Gasteiger partial charge in [0.2, 0.25) is 15.9 Å². The zero-order valence-corrected chi connectivity index (χ0v) is 13.0. The van der Waals surface area contributed by atoms with Crippen LogP contribution < -0.4 is 9.62 Å². The van der Waals surface area contributed by atoms with Crippen molar-refractivity contribution >= 4 is 21.6 Å². The van der Waals surface area contributed by atoms with Crippen LogP contribution in [0.4, 0.5) is 5.69 Å². The number of hydrogen-bond acceptors (Lipinski definition) is 3. The van der Waals surface area contributed by atoms with Gasteiger partial charge in [-0.1, -0.05) is 31.5 Å². The molecule has 0 aliphatic heterocycles. The molecule has 1 N–H and O–H groups in total. The second-order valence-corrected chi connectivity index (χ2v) is 6.77. The molecule has 1 rings (SSSR count). The first-order valence-corrected chi connectivity index (χ1v) is 8.51. The number of para-hydroxylation sites is 1. The predicted octanol–water partition coefficient (Wildman–Crippen LogP) is 1.76. The lowest BCUT2D eigenvalue weighted by atomic mass is 10.2. The Bertz CT molecular complexity index is 529. The van der Waals surface area contributed by atoms with Gasteiger partial charge < -0.3 is 5.32 Å². The number of anilines is 1. The first kappa shape index (κ1) is 16.5. The van der Waals surface area contributed by atoms with Gasteiger partial charge in [0.1, 0.15) is 6.54 Å². The van der Waals surface area contributed by atoms with E-state index in [1.54, 1.807) is 30.3 Å². The van der Waals surface area contributed by atoms with Crippen molar-refractivity contribution in [3.63, 3.8) is 0 Å². The lowest BCUT2D eigenvalue weighted by Crippen LogP contribution is -2.43. The second-order valence-electron chi connectivity index (χ2n) is 4.86. The molecule has 0 heterocycles. The first-order chi connectivity index (χ1) is 9.34. The van der Waals surface area contributed by atoms with Gasteiger partial charge in [-0.05, 0) is 25.5 Å². The van der Waals surface area contributed by atoms with Crippen LogP contribution in [-0.4, -0.2) is 33.2 Å². The fourth-order valence-electron chi connectivity index (χ4n) is 1.95. The molecule has 0 unspecified atom stereocenters. The average molecular weight is 298 g/mol. The summed E-state index contributed by atoms with van der Waals surface area (Å²) in [7, 11) is -3.49. The maximum absolute atomic E-state index is 11.9. The number of carbonyl (C=O) groups excluding carboxylic acids is 1. The van der Waals surface area contributed by atoms with Crippen molar-refractivity contribution in [1.29, 1.82) is 0 Å². The van der Waals surface area contributed by atoms with Crippen molar-refractivity contribution in [1.82, 2.24) is 5.32 Å². The number of hydrogen-bond donors (Lipinski definition) is 1. The summed E-state index contributed by atoms with van der Waals surface area (Å²) >= 11 is 0. The molecule has 1 aromatic carbocycles. The van der Waals surface area contributed by atoms with E-state index in [0.717, 1.165) is 23.4 Å². The normalized spacial score (nSPS) is 12.8. The SMILES string of the molecule is CCC[C@@H](C)NC(=O)CN(c1ccccc1)S(C)(=O)=O. The lowest BCUT2D eigenvalue weighted by molar-refractivity contribution is -0.120. The molecular weight excluding hydrogens is 276 g/mol. The van der Waals surface area contributed by atoms with Crippen LogP contribution in [0.25, 0.3) is 0 Å². The summed E-state index contributed by atoms with van der Waals surface area (Å²) < 4.78 is 24.8. The van der Waals surface area contributed by atoms with Crippen molar-refractivity contribution in [3.05, 3.63) is 30.3 Å². The molecule has 0 saturated heterocycles. The quantitative estimate of drug-likeness (QED) is 0.834. The van der Waals surface area contributed by atoms with Gasteiger partial charge in [-0.25, -0.2) is 8.42 Å². The molecule has 0 bridgehead atoms. The maximum atomic E-state index is 11.9. The number of amides is 1. The van der Waals surface area contributed by atoms with Crippen LogP contribution in [0.5, 0.6) is 0 Å². The predicted molar refractivity (Wildman–Crippen MR) is 81.1 cm³/mol. The fraction of sp³-hybridized carbons (Fsp3) is 0.500. The zero-order valence-electron chi connectivity index (χ0n) is 12.2. The summed E-state index contributed by atoms with van der Waals surface area (Å²) in [5, 5.41) is 2.81. The third kappa shape index (κ3) is 5.21. The van der Waals surface area contributed by atoms with Crippen molar-refractivity contribution < 1.29 is 13.2 Å². The molecule has 1 aromatic rings. The van der Waals surface area contributed by atoms with Crippen LogP contribution in [0.3, 0.4) is 0 Å². The van der Waals surface area contributed by atoms with Crippen LogP contribution in [-0.2, 0) is 14.8 Å². The summed E-state index contributed by atoms with van der Waals surface area (Å²) in [6.07, 6.45) is 2.94. The van der Waals surface area contributed by atoms with Gasteiger partial charge in [0, 0.05) is 6.04 Å². The molecule has 1 amide bonds. The van der Waals surface area contributed by atoms with E-state index >= 15 is 0 Å². The van der Waals surface area contributed by atoms with E-state index in [4.69, 9.17) is 0 Å². The summed E-state index contributed by atoms with van der Waals surface area (Å²) in [5.74, 6) is -0.291. The highest BCUT2D eigenvalue weighted by Gasteiger charge is 2.21. The third-order valence-electron chi connectivity index (χ3n) is 2.86. The summed E-state index contributed by atoms with van der Waals surface area (Å²) in [5.41, 5.74) is 0.494. The Hall–Kier alpha value is -1.56. The molecular formula is C14H22N2O3S. The highest BCUT2D eigenvalue weighted by Crippen LogP contribution is 2.16. The minimum absolute atomic E-state index is 0.0460. The Labute approximate surface area is 121 Å². The lowest BCUT2D eigenvalue weighted by Gasteiger charge is -2.23. The van der Waals surface area contributed by atoms with Crippen LogP contribution in [0.15, 0.2) is 30.3 Å². The Balaban J connectivity index is 2.80. The van der Waals surface area contributed by atoms with Crippen LogP contribution in [0, 0.1) is 0 Å². The molecule has 0 aliphatic carbocycles. The highest BCUT2D eigenvalue weighted by atomic mass is 32.2. The first-order valence-electron chi connectivity index (χ1n) is 6.66. The topological polar surface area (TPSA) is 66.5 Å². The smallest absolute Gasteiger partial charge is 0.240 e. The number of benzene rings is 1. The summed E-state index contributed by atoms with van der Waals surface area (Å²) in [4.78, 5) is 11.9. The van der Waals surface area contributed by atoms with Crippen molar-refractivity contribution in [2.24, 2.45) is 0 Å². The monoisotopic (exact) mass is 298 g/mol. The van der Waals surface area contributed by atoms with Gasteiger partial charge in [0.25, 0.3) is 0 Å². The molecule has 0 fully saturated rings. The van der Waals surface area contributed by atoms with Gasteiger partial charge in [0.15, 0.2) is 0 Å². The minimum Gasteiger partial charge on any atom is -0.352 e. The van der Waals surface area contributed by atoms with Gasteiger partial charge >= 0.3 is 0 Å². The molecule has 0 radical (unpaired) electrons. The fourth-order valence-corrected chi connectivity index (χ4v) is 2.81. The van der Waals surface area contributed by atoms with E-state index in [9.17, 15) is 13.2 Å². The van der Waals surface area contributed by atoms with E-state index in [1.807, 2.05) is 13.8 Å². The largest absolute Gasteiger partial charge is 0.352 e. The van der Waals surface area contributed by atoms with E-state index < -0.39 is 10.0 Å². The molecule has 0 aliphatic rings. The second kappa shape index (κ2) is 7.28. The van der Waals surface area contributed by atoms with Gasteiger partial charge in [-0.15, -0.1) is 0 Å². The van der Waals surface area contributed by atoms with Gasteiger partial charge in [-0.2, -0.15) is 0 Å². The molecule has 6 heteroatoms. The minimum atomic E-state index is -3.49. The van der Waals surface area contributed by atoms with E-state index in [1.165, 1.54) is 0 Å². The van der Waals surface area contributed by atoms with Crippen LogP contribution >= 0.6 is 0 Å². The molecule has 1 atom stereocenters. The van der Waals surface area contributed by atoms with E-state index in [0.29, 0.717) is 5.69 Å². The summed E-state index contributed by atoms with van der Waals surface area (Å²) in [6, 6.07) is 8.67. The zero-order chi connectivity index (χ0) is 15.2. The standard InChI is InChI=1S/C14H22N2O3S/c1-4-8-12(2)15-14(17)11-16(20(3,18)19)13-9-6-5-7-10-13/h5-7,9-10,12H,4,8,11H2,1-3H3,(H,15,17)/t12-/m1/s1. The number of nitrogens with zero attached hydrogens (tertiary/aromatic N) is 1. The number of rotatable bonds is 7. The molecule has 5 nitrogen and oxygen atoms in total. The van der Waals surface area contributed by atoms with E-state index in [-0.39, 0.29) is 18.5 Å². The third-order valence-corrected chi connectivity index (χ3v) is 4.00. The van der Waals surface area contributed by atoms with Crippen LogP contribution in [0.1, 0.15) is 26.7 Å². The Morgan fingerprint density at radius 2 is 1.90 bits per heavy atom. The highest BCUT2D eigenvalue weighted by molar-refractivity contribution is 7.92. The van der Waals surface area contributed by atoms with Gasteiger partial charge in [0.05, 0.1) is 11.9 Å².